The Morgan fingerprint density at radius 1 is 1.23 bits per heavy atom. The molecule has 1 aromatic carbocycles. The van der Waals surface area contributed by atoms with E-state index in [2.05, 4.69) is 29.1 Å². The van der Waals surface area contributed by atoms with Crippen LogP contribution < -0.4 is 0 Å². The second kappa shape index (κ2) is 3.44. The van der Waals surface area contributed by atoms with Crippen LogP contribution in [0.4, 0.5) is 0 Å². The highest BCUT2D eigenvalue weighted by atomic mass is 15.1. The van der Waals surface area contributed by atoms with Crippen LogP contribution in [0, 0.1) is 0 Å². The number of benzene rings is 1. The molecule has 2 nitrogen and oxygen atoms in total. The summed E-state index contributed by atoms with van der Waals surface area (Å²) < 4.78 is 0. The summed E-state index contributed by atoms with van der Waals surface area (Å²) in [6.07, 6.45) is 3.81. The first-order valence-corrected chi connectivity index (χ1v) is 4.36. The van der Waals surface area contributed by atoms with Gasteiger partial charge in [-0.05, 0) is 5.56 Å². The SMILES string of the molecule is CN1CC=NC=C1c1ccccc1. The normalized spacial score (nSPS) is 15.8. The zero-order valence-corrected chi connectivity index (χ0v) is 7.64. The Morgan fingerprint density at radius 3 is 2.69 bits per heavy atom. The van der Waals surface area contributed by atoms with Crippen molar-refractivity contribution in [3.8, 4) is 0 Å². The van der Waals surface area contributed by atoms with Gasteiger partial charge in [-0.3, -0.25) is 4.99 Å². The van der Waals surface area contributed by atoms with E-state index in [1.165, 1.54) is 11.3 Å². The molecule has 2 rings (SSSR count). The molecule has 0 spiro atoms. The van der Waals surface area contributed by atoms with Crippen LogP contribution in [0.1, 0.15) is 5.56 Å². The summed E-state index contributed by atoms with van der Waals surface area (Å²) in [5.41, 5.74) is 2.41. The maximum absolute atomic E-state index is 4.16. The van der Waals surface area contributed by atoms with E-state index < -0.39 is 0 Å². The molecule has 13 heavy (non-hydrogen) atoms. The van der Waals surface area contributed by atoms with Gasteiger partial charge < -0.3 is 4.90 Å². The Kier molecular flexibility index (Phi) is 2.13. The molecule has 66 valence electrons. The van der Waals surface area contributed by atoms with Crippen LogP contribution in [-0.4, -0.2) is 24.7 Å². The average molecular weight is 172 g/mol. The van der Waals surface area contributed by atoms with Crippen LogP contribution >= 0.6 is 0 Å². The number of hydrogen-bond acceptors (Lipinski definition) is 2. The summed E-state index contributed by atoms with van der Waals surface area (Å²) in [6.45, 7) is 0.890. The molecule has 0 saturated carbocycles. The summed E-state index contributed by atoms with van der Waals surface area (Å²) in [6, 6.07) is 10.3. The van der Waals surface area contributed by atoms with Gasteiger partial charge in [0.05, 0.1) is 18.4 Å². The van der Waals surface area contributed by atoms with Crippen molar-refractivity contribution in [2.75, 3.05) is 13.6 Å². The fourth-order valence-electron chi connectivity index (χ4n) is 1.39. The van der Waals surface area contributed by atoms with E-state index in [9.17, 15) is 0 Å². The molecular weight excluding hydrogens is 160 g/mol. The van der Waals surface area contributed by atoms with E-state index >= 15 is 0 Å². The van der Waals surface area contributed by atoms with E-state index in [-0.39, 0.29) is 0 Å². The molecule has 0 bridgehead atoms. The Bertz CT molecular complexity index is 338. The minimum atomic E-state index is 0.890. The van der Waals surface area contributed by atoms with E-state index in [1.807, 2.05) is 30.6 Å². The van der Waals surface area contributed by atoms with Gasteiger partial charge in [-0.2, -0.15) is 0 Å². The molecule has 1 heterocycles. The van der Waals surface area contributed by atoms with Crippen LogP contribution in [0.15, 0.2) is 41.5 Å². The summed E-state index contributed by atoms with van der Waals surface area (Å²) in [5, 5.41) is 0. The first-order chi connectivity index (χ1) is 6.38. The first kappa shape index (κ1) is 8.05. The summed E-state index contributed by atoms with van der Waals surface area (Å²) >= 11 is 0. The molecule has 1 aliphatic heterocycles. The maximum Gasteiger partial charge on any atom is 0.0626 e. The van der Waals surface area contributed by atoms with E-state index in [4.69, 9.17) is 0 Å². The molecule has 0 amide bonds. The van der Waals surface area contributed by atoms with Crippen LogP contribution in [0.25, 0.3) is 5.70 Å². The summed E-state index contributed by atoms with van der Waals surface area (Å²) in [7, 11) is 2.07. The minimum Gasteiger partial charge on any atom is -0.368 e. The van der Waals surface area contributed by atoms with Crippen molar-refractivity contribution in [1.29, 1.82) is 0 Å². The molecule has 1 aromatic rings. The third-order valence-corrected chi connectivity index (χ3v) is 2.14. The van der Waals surface area contributed by atoms with Gasteiger partial charge >= 0.3 is 0 Å². The maximum atomic E-state index is 4.16. The number of aliphatic imine (C=N–C) groups is 1. The molecule has 0 N–H and O–H groups in total. The molecule has 2 heteroatoms. The quantitative estimate of drug-likeness (QED) is 0.632. The first-order valence-electron chi connectivity index (χ1n) is 4.36. The third kappa shape index (κ3) is 1.61. The van der Waals surface area contributed by atoms with Gasteiger partial charge in [-0.25, -0.2) is 0 Å². The lowest BCUT2D eigenvalue weighted by Gasteiger charge is -2.22. The fourth-order valence-corrected chi connectivity index (χ4v) is 1.39. The van der Waals surface area contributed by atoms with Crippen molar-refractivity contribution in [3.63, 3.8) is 0 Å². The molecule has 0 atom stereocenters. The molecule has 1 aliphatic rings. The van der Waals surface area contributed by atoms with Gasteiger partial charge in [0.15, 0.2) is 0 Å². The molecule has 0 aliphatic carbocycles. The van der Waals surface area contributed by atoms with Gasteiger partial charge in [0, 0.05) is 13.3 Å². The zero-order valence-electron chi connectivity index (χ0n) is 7.64. The summed E-state index contributed by atoms with van der Waals surface area (Å²) in [4.78, 5) is 6.34. The van der Waals surface area contributed by atoms with Gasteiger partial charge in [-0.15, -0.1) is 0 Å². The molecule has 0 saturated heterocycles. The average Bonchev–Trinajstić information content (AvgIpc) is 2.20. The predicted molar refractivity (Wildman–Crippen MR) is 55.5 cm³/mol. The Hall–Kier alpha value is -1.57. The lowest BCUT2D eigenvalue weighted by molar-refractivity contribution is 0.549. The predicted octanol–water partition coefficient (Wildman–Crippen LogP) is 2.00. The lowest BCUT2D eigenvalue weighted by Crippen LogP contribution is -2.21. The Balaban J connectivity index is 2.35. The van der Waals surface area contributed by atoms with Crippen LogP contribution in [0.5, 0.6) is 0 Å². The second-order valence-electron chi connectivity index (χ2n) is 3.09. The standard InChI is InChI=1S/C11H12N2/c1-13-8-7-12-9-11(13)10-5-3-2-4-6-10/h2-7,9H,8H2,1H3. The smallest absolute Gasteiger partial charge is 0.0626 e. The molecular formula is C11H12N2. The summed E-state index contributed by atoms with van der Waals surface area (Å²) in [5.74, 6) is 0. The van der Waals surface area contributed by atoms with E-state index in [0.29, 0.717) is 0 Å². The highest BCUT2D eigenvalue weighted by molar-refractivity contribution is 5.73. The van der Waals surface area contributed by atoms with Crippen LogP contribution in [0.3, 0.4) is 0 Å². The van der Waals surface area contributed by atoms with Gasteiger partial charge in [0.1, 0.15) is 0 Å². The zero-order chi connectivity index (χ0) is 9.10. The topological polar surface area (TPSA) is 15.6 Å². The second-order valence-corrected chi connectivity index (χ2v) is 3.09. The van der Waals surface area contributed by atoms with Gasteiger partial charge in [-0.1, -0.05) is 30.3 Å². The van der Waals surface area contributed by atoms with Crippen LogP contribution in [0.2, 0.25) is 0 Å². The highest BCUT2D eigenvalue weighted by Gasteiger charge is 2.07. The lowest BCUT2D eigenvalue weighted by atomic mass is 10.1. The Morgan fingerprint density at radius 2 is 2.00 bits per heavy atom. The van der Waals surface area contributed by atoms with Crippen molar-refractivity contribution in [3.05, 3.63) is 42.1 Å². The van der Waals surface area contributed by atoms with E-state index in [0.717, 1.165) is 6.54 Å². The van der Waals surface area contributed by atoms with Crippen molar-refractivity contribution in [2.45, 2.75) is 0 Å². The van der Waals surface area contributed by atoms with Crippen LogP contribution in [-0.2, 0) is 0 Å². The van der Waals surface area contributed by atoms with Crippen molar-refractivity contribution >= 4 is 11.9 Å². The fraction of sp³-hybridized carbons (Fsp3) is 0.182. The molecule has 0 fully saturated rings. The molecule has 0 aromatic heterocycles. The molecule has 0 radical (unpaired) electrons. The number of rotatable bonds is 1. The van der Waals surface area contributed by atoms with Crippen molar-refractivity contribution in [1.82, 2.24) is 4.90 Å². The van der Waals surface area contributed by atoms with Gasteiger partial charge in [0.25, 0.3) is 0 Å². The number of hydrogen-bond donors (Lipinski definition) is 0. The third-order valence-electron chi connectivity index (χ3n) is 2.14. The minimum absolute atomic E-state index is 0.890. The molecule has 0 unspecified atom stereocenters. The van der Waals surface area contributed by atoms with Gasteiger partial charge in [0.2, 0.25) is 0 Å². The van der Waals surface area contributed by atoms with Crippen molar-refractivity contribution in [2.24, 2.45) is 4.99 Å². The Labute approximate surface area is 78.2 Å². The highest BCUT2D eigenvalue weighted by Crippen LogP contribution is 2.18. The number of nitrogens with zero attached hydrogens (tertiary/aromatic N) is 2. The largest absolute Gasteiger partial charge is 0.368 e. The van der Waals surface area contributed by atoms with Crippen molar-refractivity contribution < 1.29 is 0 Å². The monoisotopic (exact) mass is 172 g/mol. The van der Waals surface area contributed by atoms with E-state index in [1.54, 1.807) is 0 Å².